The lowest BCUT2D eigenvalue weighted by Gasteiger charge is -1.96. The summed E-state index contributed by atoms with van der Waals surface area (Å²) >= 11 is 9.65. The van der Waals surface area contributed by atoms with Crippen LogP contribution in [0.25, 0.3) is 10.1 Å². The van der Waals surface area contributed by atoms with Crippen molar-refractivity contribution < 1.29 is 0 Å². The van der Waals surface area contributed by atoms with Crippen molar-refractivity contribution in [3.05, 3.63) is 34.2 Å². The molecular formula is C10H9ClS2. The average molecular weight is 229 g/mol. The molecule has 1 heterocycles. The summed E-state index contributed by atoms with van der Waals surface area (Å²) in [6.45, 7) is 0. The first kappa shape index (κ1) is 9.38. The van der Waals surface area contributed by atoms with Gasteiger partial charge < -0.3 is 0 Å². The Labute approximate surface area is 90.9 Å². The van der Waals surface area contributed by atoms with E-state index < -0.39 is 0 Å². The second-order valence-electron chi connectivity index (χ2n) is 2.81. The quantitative estimate of drug-likeness (QED) is 0.734. The SMILES string of the molecule is CSCc1csc2c(Cl)cccc12. The number of rotatable bonds is 2. The van der Waals surface area contributed by atoms with E-state index in [4.69, 9.17) is 11.6 Å². The highest BCUT2D eigenvalue weighted by molar-refractivity contribution is 7.97. The molecule has 0 bridgehead atoms. The molecule has 0 N–H and O–H groups in total. The smallest absolute Gasteiger partial charge is 0.0584 e. The molecule has 1 aromatic heterocycles. The molecule has 2 aromatic rings. The van der Waals surface area contributed by atoms with Gasteiger partial charge in [-0.3, -0.25) is 0 Å². The molecule has 68 valence electrons. The maximum atomic E-state index is 6.07. The van der Waals surface area contributed by atoms with Crippen LogP contribution in [0.3, 0.4) is 0 Å². The number of halogens is 1. The molecule has 13 heavy (non-hydrogen) atoms. The van der Waals surface area contributed by atoms with Gasteiger partial charge >= 0.3 is 0 Å². The van der Waals surface area contributed by atoms with Crippen molar-refractivity contribution in [1.82, 2.24) is 0 Å². The van der Waals surface area contributed by atoms with E-state index in [-0.39, 0.29) is 0 Å². The number of thiophene rings is 1. The van der Waals surface area contributed by atoms with Crippen LogP contribution in [-0.2, 0) is 5.75 Å². The Morgan fingerprint density at radius 2 is 2.31 bits per heavy atom. The summed E-state index contributed by atoms with van der Waals surface area (Å²) in [5.74, 6) is 1.07. The fourth-order valence-electron chi connectivity index (χ4n) is 1.34. The molecule has 0 aliphatic carbocycles. The van der Waals surface area contributed by atoms with E-state index in [9.17, 15) is 0 Å². The van der Waals surface area contributed by atoms with Gasteiger partial charge in [0.15, 0.2) is 0 Å². The Morgan fingerprint density at radius 1 is 1.46 bits per heavy atom. The molecule has 0 unspecified atom stereocenters. The first-order chi connectivity index (χ1) is 6.33. The summed E-state index contributed by atoms with van der Waals surface area (Å²) < 4.78 is 1.22. The predicted molar refractivity (Wildman–Crippen MR) is 64.1 cm³/mol. The van der Waals surface area contributed by atoms with Crippen LogP contribution in [0.2, 0.25) is 5.02 Å². The largest absolute Gasteiger partial charge is 0.161 e. The van der Waals surface area contributed by atoms with Gasteiger partial charge in [0.2, 0.25) is 0 Å². The summed E-state index contributed by atoms with van der Waals surface area (Å²) in [7, 11) is 0. The minimum atomic E-state index is 0.870. The minimum absolute atomic E-state index is 0.870. The summed E-state index contributed by atoms with van der Waals surface area (Å²) in [5, 5.41) is 4.38. The minimum Gasteiger partial charge on any atom is -0.161 e. The molecule has 0 spiro atoms. The molecule has 2 rings (SSSR count). The Bertz CT molecular complexity index is 420. The predicted octanol–water partition coefficient (Wildman–Crippen LogP) is 4.42. The summed E-state index contributed by atoms with van der Waals surface area (Å²) in [6, 6.07) is 6.10. The third-order valence-corrected chi connectivity index (χ3v) is 4.04. The molecule has 0 aliphatic rings. The van der Waals surface area contributed by atoms with Crippen molar-refractivity contribution >= 4 is 44.8 Å². The van der Waals surface area contributed by atoms with Crippen molar-refractivity contribution in [3.8, 4) is 0 Å². The van der Waals surface area contributed by atoms with Crippen molar-refractivity contribution in [2.45, 2.75) is 5.75 Å². The van der Waals surface area contributed by atoms with Gasteiger partial charge in [-0.1, -0.05) is 23.7 Å². The lowest BCUT2D eigenvalue weighted by atomic mass is 10.2. The van der Waals surface area contributed by atoms with Gasteiger partial charge in [-0.2, -0.15) is 11.8 Å². The van der Waals surface area contributed by atoms with Crippen molar-refractivity contribution in [1.29, 1.82) is 0 Å². The highest BCUT2D eigenvalue weighted by Gasteiger charge is 2.05. The third kappa shape index (κ3) is 1.71. The lowest BCUT2D eigenvalue weighted by Crippen LogP contribution is -1.75. The molecule has 0 aliphatic heterocycles. The van der Waals surface area contributed by atoms with E-state index in [1.807, 2.05) is 23.9 Å². The zero-order valence-corrected chi connectivity index (χ0v) is 9.60. The zero-order chi connectivity index (χ0) is 9.26. The highest BCUT2D eigenvalue weighted by atomic mass is 35.5. The standard InChI is InChI=1S/C10H9ClS2/c1-12-5-7-6-13-10-8(7)3-2-4-9(10)11/h2-4,6H,5H2,1H3. The molecule has 0 saturated heterocycles. The van der Waals surface area contributed by atoms with Crippen LogP contribution in [0.4, 0.5) is 0 Å². The maximum Gasteiger partial charge on any atom is 0.0584 e. The van der Waals surface area contributed by atoms with E-state index in [1.54, 1.807) is 11.3 Å². The van der Waals surface area contributed by atoms with Crippen LogP contribution in [0, 0.1) is 0 Å². The first-order valence-electron chi connectivity index (χ1n) is 3.96. The molecule has 0 saturated carbocycles. The number of fused-ring (bicyclic) bond motifs is 1. The van der Waals surface area contributed by atoms with Crippen LogP contribution in [0.5, 0.6) is 0 Å². The number of thioether (sulfide) groups is 1. The molecule has 1 aromatic carbocycles. The second-order valence-corrected chi connectivity index (χ2v) is 4.96. The van der Waals surface area contributed by atoms with Gasteiger partial charge in [0.05, 0.1) is 9.72 Å². The molecule has 3 heteroatoms. The van der Waals surface area contributed by atoms with Crippen LogP contribution in [0.15, 0.2) is 23.6 Å². The molecular weight excluding hydrogens is 220 g/mol. The Balaban J connectivity index is 2.61. The van der Waals surface area contributed by atoms with Gasteiger partial charge in [-0.15, -0.1) is 11.3 Å². The molecule has 0 radical (unpaired) electrons. The Morgan fingerprint density at radius 3 is 3.08 bits per heavy atom. The van der Waals surface area contributed by atoms with Crippen LogP contribution >= 0.6 is 34.7 Å². The fraction of sp³-hybridized carbons (Fsp3) is 0.200. The van der Waals surface area contributed by atoms with E-state index >= 15 is 0 Å². The summed E-state index contributed by atoms with van der Waals surface area (Å²) in [5.41, 5.74) is 1.40. The average Bonchev–Trinajstić information content (AvgIpc) is 2.51. The summed E-state index contributed by atoms with van der Waals surface area (Å²) in [4.78, 5) is 0. The Hall–Kier alpha value is -0.180. The van der Waals surface area contributed by atoms with Crippen molar-refractivity contribution in [2.75, 3.05) is 6.26 Å². The van der Waals surface area contributed by atoms with Crippen molar-refractivity contribution in [3.63, 3.8) is 0 Å². The van der Waals surface area contributed by atoms with Gasteiger partial charge in [0.1, 0.15) is 0 Å². The van der Waals surface area contributed by atoms with Gasteiger partial charge in [0.25, 0.3) is 0 Å². The number of hydrogen-bond donors (Lipinski definition) is 0. The van der Waals surface area contributed by atoms with Gasteiger partial charge in [0, 0.05) is 5.75 Å². The first-order valence-corrected chi connectivity index (χ1v) is 6.61. The Kier molecular flexibility index (Phi) is 2.82. The van der Waals surface area contributed by atoms with Crippen LogP contribution in [0.1, 0.15) is 5.56 Å². The maximum absolute atomic E-state index is 6.07. The number of hydrogen-bond acceptors (Lipinski definition) is 2. The summed E-state index contributed by atoms with van der Waals surface area (Å²) in [6.07, 6.45) is 2.12. The second kappa shape index (κ2) is 3.91. The molecule has 0 amide bonds. The number of benzene rings is 1. The fourth-order valence-corrected chi connectivity index (χ4v) is 3.28. The monoisotopic (exact) mass is 228 g/mol. The van der Waals surface area contributed by atoms with Crippen LogP contribution in [-0.4, -0.2) is 6.26 Å². The topological polar surface area (TPSA) is 0 Å². The zero-order valence-electron chi connectivity index (χ0n) is 7.21. The van der Waals surface area contributed by atoms with Crippen molar-refractivity contribution in [2.24, 2.45) is 0 Å². The molecule has 0 atom stereocenters. The van der Waals surface area contributed by atoms with Crippen LogP contribution < -0.4 is 0 Å². The van der Waals surface area contributed by atoms with Gasteiger partial charge in [-0.25, -0.2) is 0 Å². The van der Waals surface area contributed by atoms with E-state index in [0.29, 0.717) is 0 Å². The van der Waals surface area contributed by atoms with E-state index in [0.717, 1.165) is 10.8 Å². The highest BCUT2D eigenvalue weighted by Crippen LogP contribution is 2.33. The third-order valence-electron chi connectivity index (χ3n) is 1.93. The van der Waals surface area contributed by atoms with Gasteiger partial charge in [-0.05, 0) is 28.7 Å². The molecule has 0 fully saturated rings. The van der Waals surface area contributed by atoms with E-state index in [2.05, 4.69) is 17.7 Å². The lowest BCUT2D eigenvalue weighted by molar-refractivity contribution is 1.52. The normalized spacial score (nSPS) is 10.9. The van der Waals surface area contributed by atoms with E-state index in [1.165, 1.54) is 15.6 Å². The molecule has 0 nitrogen and oxygen atoms in total.